The average molecular weight is 432 g/mol. The van der Waals surface area contributed by atoms with Crippen molar-refractivity contribution in [3.63, 3.8) is 0 Å². The number of benzene rings is 2. The second-order valence-electron chi connectivity index (χ2n) is 6.79. The molecule has 0 aliphatic carbocycles. The van der Waals surface area contributed by atoms with Gasteiger partial charge >= 0.3 is 5.91 Å². The zero-order valence-electron chi connectivity index (χ0n) is 17.6. The van der Waals surface area contributed by atoms with E-state index in [0.717, 1.165) is 22.4 Å². The van der Waals surface area contributed by atoms with Gasteiger partial charge in [-0.2, -0.15) is 0 Å². The number of para-hydroxylation sites is 1. The molecule has 2 aromatic carbocycles. The molecular formula is C22H20N6O4. The van der Waals surface area contributed by atoms with Gasteiger partial charge in [-0.05, 0) is 31.2 Å². The number of hydroxylamine groups is 1. The molecule has 10 heteroatoms. The summed E-state index contributed by atoms with van der Waals surface area (Å²) in [7, 11) is 3.45. The van der Waals surface area contributed by atoms with Gasteiger partial charge in [0, 0.05) is 24.2 Å². The van der Waals surface area contributed by atoms with Gasteiger partial charge in [0.1, 0.15) is 11.6 Å². The molecule has 162 valence electrons. The molecule has 4 aromatic rings. The molecule has 10 nitrogen and oxygen atoms in total. The maximum Gasteiger partial charge on any atom is 0.312 e. The highest BCUT2D eigenvalue weighted by molar-refractivity contribution is 5.91. The molecule has 32 heavy (non-hydrogen) atoms. The fourth-order valence-electron chi connectivity index (χ4n) is 3.17. The van der Waals surface area contributed by atoms with Crippen LogP contribution in [0.5, 0.6) is 17.2 Å². The Labute approximate surface area is 183 Å². The van der Waals surface area contributed by atoms with Crippen molar-refractivity contribution < 1.29 is 19.5 Å². The first-order valence-corrected chi connectivity index (χ1v) is 9.59. The molecule has 0 fully saturated rings. The highest BCUT2D eigenvalue weighted by Gasteiger charge is 2.16. The first kappa shape index (κ1) is 20.9. The van der Waals surface area contributed by atoms with Crippen LogP contribution in [0.2, 0.25) is 0 Å². The van der Waals surface area contributed by atoms with E-state index in [0.29, 0.717) is 23.1 Å². The lowest BCUT2D eigenvalue weighted by atomic mass is 10.2. The predicted molar refractivity (Wildman–Crippen MR) is 117 cm³/mol. The van der Waals surface area contributed by atoms with Crippen molar-refractivity contribution in [2.45, 2.75) is 6.92 Å². The number of anilines is 2. The number of amides is 1. The van der Waals surface area contributed by atoms with E-state index in [1.165, 1.54) is 25.0 Å². The molecule has 2 N–H and O–H groups in total. The van der Waals surface area contributed by atoms with Gasteiger partial charge in [0.15, 0.2) is 17.2 Å². The number of aromatic nitrogens is 4. The number of nitrogens with one attached hydrogen (secondary N) is 1. The van der Waals surface area contributed by atoms with Crippen LogP contribution in [0.4, 0.5) is 11.5 Å². The Morgan fingerprint density at radius 2 is 1.81 bits per heavy atom. The Balaban J connectivity index is 1.69. The number of fused-ring (bicyclic) bond motifs is 1. The first-order chi connectivity index (χ1) is 15.5. The topological polar surface area (TPSA) is 123 Å². The molecular weight excluding hydrogens is 412 g/mol. The predicted octanol–water partition coefficient (Wildman–Crippen LogP) is 3.42. The minimum atomic E-state index is -0.815. The molecule has 0 saturated heterocycles. The van der Waals surface area contributed by atoms with E-state index in [2.05, 4.69) is 19.9 Å². The van der Waals surface area contributed by atoms with Crippen LogP contribution >= 0.6 is 0 Å². The lowest BCUT2D eigenvalue weighted by molar-refractivity contribution is 0.0694. The van der Waals surface area contributed by atoms with E-state index in [9.17, 15) is 4.79 Å². The number of hydrogen-bond acceptors (Lipinski definition) is 9. The number of methoxy groups -OCH3 is 1. The normalized spacial score (nSPS) is 10.6. The number of carbonyl (C=O) groups is 1. The van der Waals surface area contributed by atoms with E-state index in [1.807, 2.05) is 49.2 Å². The minimum Gasteiger partial charge on any atom is -0.493 e. The first-order valence-electron chi connectivity index (χ1n) is 9.59. The van der Waals surface area contributed by atoms with Crippen molar-refractivity contribution in [3.05, 3.63) is 66.5 Å². The van der Waals surface area contributed by atoms with Crippen molar-refractivity contribution in [1.82, 2.24) is 25.4 Å². The number of nitrogens with zero attached hydrogens (tertiary/aromatic N) is 5. The third-order valence-corrected chi connectivity index (χ3v) is 4.71. The number of ether oxygens (including phenoxy) is 2. The summed E-state index contributed by atoms with van der Waals surface area (Å²) >= 11 is 0. The second-order valence-corrected chi connectivity index (χ2v) is 6.79. The van der Waals surface area contributed by atoms with Gasteiger partial charge in [0.2, 0.25) is 5.82 Å². The van der Waals surface area contributed by atoms with Gasteiger partial charge < -0.3 is 14.4 Å². The van der Waals surface area contributed by atoms with Crippen LogP contribution in [-0.4, -0.2) is 45.2 Å². The zero-order chi connectivity index (χ0) is 22.7. The van der Waals surface area contributed by atoms with Crippen molar-refractivity contribution in [1.29, 1.82) is 0 Å². The van der Waals surface area contributed by atoms with Crippen LogP contribution in [-0.2, 0) is 0 Å². The molecule has 0 saturated carbocycles. The van der Waals surface area contributed by atoms with E-state index < -0.39 is 5.91 Å². The smallest absolute Gasteiger partial charge is 0.312 e. The lowest BCUT2D eigenvalue weighted by Crippen LogP contribution is -2.21. The standard InChI is InChI=1S/C22H20N6O4/c1-13-25-17-7-5-4-6-16(17)21(26-13)28(2)14-8-9-18(31-3)19(10-14)32-15-11-23-20(24-12-15)22(29)27-30/h4-12,30H,1-3H3,(H,27,29). The van der Waals surface area contributed by atoms with Crippen LogP contribution in [0.15, 0.2) is 54.9 Å². The second kappa shape index (κ2) is 8.82. The van der Waals surface area contributed by atoms with Gasteiger partial charge in [0.05, 0.1) is 25.0 Å². The summed E-state index contributed by atoms with van der Waals surface area (Å²) < 4.78 is 11.3. The molecule has 2 heterocycles. The Morgan fingerprint density at radius 1 is 1.06 bits per heavy atom. The largest absolute Gasteiger partial charge is 0.493 e. The molecule has 0 aliphatic heterocycles. The summed E-state index contributed by atoms with van der Waals surface area (Å²) in [5.74, 6) is 1.64. The molecule has 0 atom stereocenters. The third-order valence-electron chi connectivity index (χ3n) is 4.71. The summed E-state index contributed by atoms with van der Waals surface area (Å²) in [5.41, 5.74) is 3.14. The zero-order valence-corrected chi connectivity index (χ0v) is 17.6. The summed E-state index contributed by atoms with van der Waals surface area (Å²) in [6, 6.07) is 13.3. The van der Waals surface area contributed by atoms with Crippen LogP contribution in [0.3, 0.4) is 0 Å². The highest BCUT2D eigenvalue weighted by Crippen LogP contribution is 2.37. The van der Waals surface area contributed by atoms with Crippen LogP contribution in [0.25, 0.3) is 10.9 Å². The van der Waals surface area contributed by atoms with Gasteiger partial charge in [-0.25, -0.2) is 25.4 Å². The molecule has 2 aromatic heterocycles. The maximum atomic E-state index is 11.4. The molecule has 0 unspecified atom stereocenters. The molecule has 0 bridgehead atoms. The quantitative estimate of drug-likeness (QED) is 0.348. The summed E-state index contributed by atoms with van der Waals surface area (Å²) in [4.78, 5) is 30.2. The fourth-order valence-corrected chi connectivity index (χ4v) is 3.17. The Bertz CT molecular complexity index is 1280. The van der Waals surface area contributed by atoms with Crippen LogP contribution < -0.4 is 19.9 Å². The maximum absolute atomic E-state index is 11.4. The van der Waals surface area contributed by atoms with Gasteiger partial charge in [0.25, 0.3) is 0 Å². The number of carbonyl (C=O) groups excluding carboxylic acids is 1. The third kappa shape index (κ3) is 4.12. The van der Waals surface area contributed by atoms with E-state index in [4.69, 9.17) is 14.7 Å². The van der Waals surface area contributed by atoms with Crippen LogP contribution in [0.1, 0.15) is 16.4 Å². The Hall–Kier alpha value is -4.31. The SMILES string of the molecule is COc1ccc(N(C)c2nc(C)nc3ccccc23)cc1Oc1cnc(C(=O)NO)nc1. The van der Waals surface area contributed by atoms with Gasteiger partial charge in [-0.1, -0.05) is 12.1 Å². The average Bonchev–Trinajstić information content (AvgIpc) is 2.83. The summed E-state index contributed by atoms with van der Waals surface area (Å²) in [5, 5.41) is 9.60. The van der Waals surface area contributed by atoms with Crippen molar-refractivity contribution in [2.24, 2.45) is 0 Å². The van der Waals surface area contributed by atoms with Crippen molar-refractivity contribution in [2.75, 3.05) is 19.1 Å². The monoisotopic (exact) mass is 432 g/mol. The fraction of sp³-hybridized carbons (Fsp3) is 0.136. The minimum absolute atomic E-state index is 0.189. The number of hydrogen-bond donors (Lipinski definition) is 2. The van der Waals surface area contributed by atoms with E-state index >= 15 is 0 Å². The number of aryl methyl sites for hydroxylation is 1. The van der Waals surface area contributed by atoms with Gasteiger partial charge in [-0.15, -0.1) is 0 Å². The van der Waals surface area contributed by atoms with E-state index in [1.54, 1.807) is 12.1 Å². The summed E-state index contributed by atoms with van der Waals surface area (Å²) in [6.45, 7) is 1.85. The Morgan fingerprint density at radius 3 is 2.53 bits per heavy atom. The Kier molecular flexibility index (Phi) is 5.77. The summed E-state index contributed by atoms with van der Waals surface area (Å²) in [6.07, 6.45) is 2.66. The molecule has 1 amide bonds. The van der Waals surface area contributed by atoms with Gasteiger partial charge in [-0.3, -0.25) is 10.0 Å². The van der Waals surface area contributed by atoms with Crippen molar-refractivity contribution in [3.8, 4) is 17.2 Å². The van der Waals surface area contributed by atoms with Crippen LogP contribution in [0, 0.1) is 6.92 Å². The van der Waals surface area contributed by atoms with E-state index in [-0.39, 0.29) is 5.82 Å². The molecule has 0 spiro atoms. The van der Waals surface area contributed by atoms with Crippen molar-refractivity contribution >= 4 is 28.3 Å². The molecule has 0 aliphatic rings. The molecule has 0 radical (unpaired) electrons. The molecule has 4 rings (SSSR count). The lowest BCUT2D eigenvalue weighted by Gasteiger charge is -2.22. The highest BCUT2D eigenvalue weighted by atomic mass is 16.5. The number of rotatable bonds is 6.